The molecule has 3 nitrogen and oxygen atoms in total. The van der Waals surface area contributed by atoms with Gasteiger partial charge in [-0.3, -0.25) is 5.32 Å². The Labute approximate surface area is 121 Å². The summed E-state index contributed by atoms with van der Waals surface area (Å²) in [5, 5.41) is 2.94. The summed E-state index contributed by atoms with van der Waals surface area (Å²) in [5.74, 6) is 0.469. The van der Waals surface area contributed by atoms with Gasteiger partial charge in [0, 0.05) is 0 Å². The molecule has 0 unspecified atom stereocenters. The van der Waals surface area contributed by atoms with Crippen LogP contribution in [0.4, 0.5) is 10.5 Å². The van der Waals surface area contributed by atoms with Crippen LogP contribution in [0.2, 0.25) is 0 Å². The lowest BCUT2D eigenvalue weighted by molar-refractivity contribution is 0.0524. The Morgan fingerprint density at radius 3 is 2.80 bits per heavy atom. The Hall–Kier alpha value is -1.51. The topological polar surface area (TPSA) is 38.3 Å². The fourth-order valence-corrected chi connectivity index (χ4v) is 2.93. The van der Waals surface area contributed by atoms with Crippen LogP contribution >= 0.6 is 0 Å². The van der Waals surface area contributed by atoms with Crippen LogP contribution in [0.1, 0.15) is 50.7 Å². The van der Waals surface area contributed by atoms with Crippen molar-refractivity contribution >= 4 is 11.8 Å². The number of hydrogen-bond donors (Lipinski definition) is 1. The van der Waals surface area contributed by atoms with Crippen molar-refractivity contribution in [2.75, 3.05) is 5.32 Å². The third-order valence-corrected chi connectivity index (χ3v) is 4.26. The van der Waals surface area contributed by atoms with E-state index in [9.17, 15) is 4.79 Å². The summed E-state index contributed by atoms with van der Waals surface area (Å²) < 4.78 is 5.61. The van der Waals surface area contributed by atoms with E-state index in [4.69, 9.17) is 4.74 Å². The molecule has 1 saturated carbocycles. The number of benzene rings is 1. The number of amides is 1. The maximum absolute atomic E-state index is 12.1. The SMILES string of the molecule is CCc1cccc(C)c1NC(=O)O[C@H]1CCCC[C@@H]1C. The highest BCUT2D eigenvalue weighted by molar-refractivity contribution is 5.87. The second-order valence-electron chi connectivity index (χ2n) is 5.79. The Bertz CT molecular complexity index is 470. The van der Waals surface area contributed by atoms with Crippen LogP contribution < -0.4 is 5.32 Å². The molecule has 1 aliphatic rings. The minimum atomic E-state index is -0.312. The van der Waals surface area contributed by atoms with Crippen LogP contribution in [0.3, 0.4) is 0 Å². The van der Waals surface area contributed by atoms with Gasteiger partial charge >= 0.3 is 6.09 Å². The molecule has 0 radical (unpaired) electrons. The third kappa shape index (κ3) is 3.53. The van der Waals surface area contributed by atoms with Crippen molar-refractivity contribution in [3.05, 3.63) is 29.3 Å². The maximum Gasteiger partial charge on any atom is 0.411 e. The quantitative estimate of drug-likeness (QED) is 0.869. The van der Waals surface area contributed by atoms with E-state index < -0.39 is 0 Å². The summed E-state index contributed by atoms with van der Waals surface area (Å²) in [7, 11) is 0. The summed E-state index contributed by atoms with van der Waals surface area (Å²) in [4.78, 5) is 12.1. The lowest BCUT2D eigenvalue weighted by Gasteiger charge is -2.28. The molecule has 0 aliphatic heterocycles. The zero-order chi connectivity index (χ0) is 14.5. The monoisotopic (exact) mass is 275 g/mol. The summed E-state index contributed by atoms with van der Waals surface area (Å²) in [5.41, 5.74) is 3.14. The van der Waals surface area contributed by atoms with Crippen LogP contribution in [-0.2, 0) is 11.2 Å². The van der Waals surface area contributed by atoms with Gasteiger partial charge < -0.3 is 4.74 Å². The number of hydrogen-bond acceptors (Lipinski definition) is 2. The third-order valence-electron chi connectivity index (χ3n) is 4.26. The average molecular weight is 275 g/mol. The van der Waals surface area contributed by atoms with Gasteiger partial charge in [-0.15, -0.1) is 0 Å². The molecule has 0 saturated heterocycles. The second kappa shape index (κ2) is 6.78. The normalized spacial score (nSPS) is 22.4. The van der Waals surface area contributed by atoms with Crippen molar-refractivity contribution in [3.8, 4) is 0 Å². The standard InChI is InChI=1S/C17H25NO2/c1-4-14-10-7-9-13(3)16(14)18-17(19)20-15-11-6-5-8-12(15)2/h7,9-10,12,15H,4-6,8,11H2,1-3H3,(H,18,19)/t12-,15-/m0/s1. The largest absolute Gasteiger partial charge is 0.446 e. The van der Waals surface area contributed by atoms with Gasteiger partial charge in [0.15, 0.2) is 0 Å². The van der Waals surface area contributed by atoms with Gasteiger partial charge in [0.2, 0.25) is 0 Å². The molecule has 1 aromatic carbocycles. The zero-order valence-corrected chi connectivity index (χ0v) is 12.7. The molecular formula is C17H25NO2. The second-order valence-corrected chi connectivity index (χ2v) is 5.79. The van der Waals surface area contributed by atoms with Crippen molar-refractivity contribution in [1.29, 1.82) is 0 Å². The van der Waals surface area contributed by atoms with E-state index in [2.05, 4.69) is 19.2 Å². The lowest BCUT2D eigenvalue weighted by atomic mass is 9.88. The number of aryl methyl sites for hydroxylation is 2. The Kier molecular flexibility index (Phi) is 5.05. The molecule has 3 heteroatoms. The molecular weight excluding hydrogens is 250 g/mol. The van der Waals surface area contributed by atoms with E-state index in [1.807, 2.05) is 25.1 Å². The number of carbonyl (C=O) groups excluding carboxylic acids is 1. The molecule has 0 heterocycles. The number of rotatable bonds is 3. The first-order valence-electron chi connectivity index (χ1n) is 7.68. The van der Waals surface area contributed by atoms with Crippen LogP contribution in [0.5, 0.6) is 0 Å². The molecule has 1 aliphatic carbocycles. The van der Waals surface area contributed by atoms with Gasteiger partial charge in [-0.1, -0.05) is 38.5 Å². The van der Waals surface area contributed by atoms with Crippen LogP contribution in [-0.4, -0.2) is 12.2 Å². The molecule has 2 atom stereocenters. The van der Waals surface area contributed by atoms with Crippen LogP contribution in [0, 0.1) is 12.8 Å². The first-order valence-corrected chi connectivity index (χ1v) is 7.68. The number of carbonyl (C=O) groups is 1. The van der Waals surface area contributed by atoms with E-state index in [1.165, 1.54) is 6.42 Å². The van der Waals surface area contributed by atoms with Crippen LogP contribution in [0.15, 0.2) is 18.2 Å². The molecule has 0 spiro atoms. The lowest BCUT2D eigenvalue weighted by Crippen LogP contribution is -2.30. The minimum Gasteiger partial charge on any atom is -0.446 e. The molecule has 1 N–H and O–H groups in total. The van der Waals surface area contributed by atoms with Crippen molar-refractivity contribution in [2.45, 2.75) is 59.0 Å². The van der Waals surface area contributed by atoms with Gasteiger partial charge in [0.1, 0.15) is 6.10 Å². The van der Waals surface area contributed by atoms with E-state index in [1.54, 1.807) is 0 Å². The number of nitrogens with one attached hydrogen (secondary N) is 1. The predicted octanol–water partition coefficient (Wildman–Crippen LogP) is 4.68. The number of para-hydroxylation sites is 1. The average Bonchev–Trinajstić information content (AvgIpc) is 2.43. The highest BCUT2D eigenvalue weighted by atomic mass is 16.6. The highest BCUT2D eigenvalue weighted by Gasteiger charge is 2.25. The summed E-state index contributed by atoms with van der Waals surface area (Å²) in [6.45, 7) is 6.27. The highest BCUT2D eigenvalue weighted by Crippen LogP contribution is 2.27. The fourth-order valence-electron chi connectivity index (χ4n) is 2.93. The van der Waals surface area contributed by atoms with Gasteiger partial charge in [0.05, 0.1) is 5.69 Å². The summed E-state index contributed by atoms with van der Waals surface area (Å²) in [6.07, 6.45) is 5.21. The van der Waals surface area contributed by atoms with Crippen molar-refractivity contribution in [3.63, 3.8) is 0 Å². The van der Waals surface area contributed by atoms with E-state index in [-0.39, 0.29) is 12.2 Å². The number of ether oxygens (including phenoxy) is 1. The van der Waals surface area contributed by atoms with Gasteiger partial charge in [-0.2, -0.15) is 0 Å². The van der Waals surface area contributed by atoms with Gasteiger partial charge in [0.25, 0.3) is 0 Å². The molecule has 1 aromatic rings. The minimum absolute atomic E-state index is 0.0674. The first-order chi connectivity index (χ1) is 9.61. The van der Waals surface area contributed by atoms with E-state index >= 15 is 0 Å². The van der Waals surface area contributed by atoms with Gasteiger partial charge in [-0.25, -0.2) is 4.79 Å². The molecule has 2 rings (SSSR count). The van der Waals surface area contributed by atoms with Gasteiger partial charge in [-0.05, 0) is 49.7 Å². The Morgan fingerprint density at radius 1 is 1.35 bits per heavy atom. The van der Waals surface area contributed by atoms with Crippen molar-refractivity contribution < 1.29 is 9.53 Å². The number of anilines is 1. The Morgan fingerprint density at radius 2 is 2.10 bits per heavy atom. The van der Waals surface area contributed by atoms with E-state index in [0.29, 0.717) is 5.92 Å². The zero-order valence-electron chi connectivity index (χ0n) is 12.7. The maximum atomic E-state index is 12.1. The fraction of sp³-hybridized carbons (Fsp3) is 0.588. The Balaban J connectivity index is 2.01. The summed E-state index contributed by atoms with van der Waals surface area (Å²) in [6, 6.07) is 6.08. The smallest absolute Gasteiger partial charge is 0.411 e. The van der Waals surface area contributed by atoms with Crippen molar-refractivity contribution in [2.24, 2.45) is 5.92 Å². The molecule has 0 bridgehead atoms. The molecule has 20 heavy (non-hydrogen) atoms. The predicted molar refractivity (Wildman–Crippen MR) is 82.1 cm³/mol. The molecule has 0 aromatic heterocycles. The molecule has 1 fully saturated rings. The van der Waals surface area contributed by atoms with E-state index in [0.717, 1.165) is 42.5 Å². The summed E-state index contributed by atoms with van der Waals surface area (Å²) >= 11 is 0. The molecule has 110 valence electrons. The van der Waals surface area contributed by atoms with Crippen LogP contribution in [0.25, 0.3) is 0 Å². The first kappa shape index (κ1) is 14.9. The van der Waals surface area contributed by atoms with Crippen molar-refractivity contribution in [1.82, 2.24) is 0 Å². The molecule has 1 amide bonds.